The molecule has 0 bridgehead atoms. The predicted molar refractivity (Wildman–Crippen MR) is 85.1 cm³/mol. The third-order valence-corrected chi connectivity index (χ3v) is 4.33. The highest BCUT2D eigenvalue weighted by atomic mass is 16.7. The van der Waals surface area contributed by atoms with Crippen LogP contribution < -0.4 is 20.3 Å². The van der Waals surface area contributed by atoms with Gasteiger partial charge in [0.15, 0.2) is 11.5 Å². The van der Waals surface area contributed by atoms with Crippen molar-refractivity contribution in [3.05, 3.63) is 51.7 Å². The fourth-order valence-corrected chi connectivity index (χ4v) is 3.17. The van der Waals surface area contributed by atoms with Gasteiger partial charge < -0.3 is 19.8 Å². The highest BCUT2D eigenvalue weighted by Gasteiger charge is 2.18. The summed E-state index contributed by atoms with van der Waals surface area (Å²) >= 11 is 0. The Hall–Kier alpha value is -2.34. The summed E-state index contributed by atoms with van der Waals surface area (Å²) in [4.78, 5) is 19.5. The van der Waals surface area contributed by atoms with Crippen molar-refractivity contribution >= 4 is 0 Å². The lowest BCUT2D eigenvalue weighted by atomic mass is 9.96. The molecule has 3 heterocycles. The van der Waals surface area contributed by atoms with Crippen LogP contribution in [0.25, 0.3) is 0 Å². The van der Waals surface area contributed by atoms with Crippen molar-refractivity contribution in [1.82, 2.24) is 15.3 Å². The Labute approximate surface area is 133 Å². The Kier molecular flexibility index (Phi) is 3.75. The van der Waals surface area contributed by atoms with Crippen molar-refractivity contribution in [2.24, 2.45) is 0 Å². The monoisotopic (exact) mass is 313 g/mol. The number of nitrogens with one attached hydrogen (secondary N) is 2. The highest BCUT2D eigenvalue weighted by molar-refractivity contribution is 5.45. The molecule has 2 aliphatic rings. The largest absolute Gasteiger partial charge is 0.454 e. The molecule has 0 radical (unpaired) electrons. The van der Waals surface area contributed by atoms with E-state index in [1.165, 1.54) is 0 Å². The fourth-order valence-electron chi connectivity index (χ4n) is 3.17. The molecule has 2 aliphatic heterocycles. The van der Waals surface area contributed by atoms with Crippen LogP contribution in [0.2, 0.25) is 0 Å². The summed E-state index contributed by atoms with van der Waals surface area (Å²) in [7, 11) is 0. The molecule has 0 amide bonds. The molecule has 1 unspecified atom stereocenters. The Balaban J connectivity index is 1.58. The van der Waals surface area contributed by atoms with Gasteiger partial charge in [-0.1, -0.05) is 6.07 Å². The number of piperidine rings is 1. The second-order valence-corrected chi connectivity index (χ2v) is 6.02. The van der Waals surface area contributed by atoms with Crippen molar-refractivity contribution in [3.8, 4) is 11.5 Å². The molecule has 120 valence electrons. The maximum atomic E-state index is 12.0. The maximum absolute atomic E-state index is 12.0. The van der Waals surface area contributed by atoms with Crippen molar-refractivity contribution in [3.63, 3.8) is 0 Å². The first kappa shape index (κ1) is 14.3. The standard InChI is InChI=1S/C17H19N3O3/c21-17-8-13(12-2-1-5-18-9-12)19-16(20-17)7-11-3-4-14-15(6-11)23-10-22-14/h3-4,6,8,12,18H,1-2,5,7,9-10H2,(H,19,20,21). The quantitative estimate of drug-likeness (QED) is 0.899. The molecule has 1 saturated heterocycles. The van der Waals surface area contributed by atoms with E-state index in [9.17, 15) is 4.79 Å². The van der Waals surface area contributed by atoms with Gasteiger partial charge in [0.2, 0.25) is 6.79 Å². The van der Waals surface area contributed by atoms with Gasteiger partial charge >= 0.3 is 0 Å². The summed E-state index contributed by atoms with van der Waals surface area (Å²) < 4.78 is 10.7. The van der Waals surface area contributed by atoms with Crippen LogP contribution in [-0.4, -0.2) is 29.9 Å². The molecule has 6 heteroatoms. The summed E-state index contributed by atoms with van der Waals surface area (Å²) in [6.45, 7) is 2.20. The minimum atomic E-state index is -0.0867. The van der Waals surface area contributed by atoms with Crippen molar-refractivity contribution < 1.29 is 9.47 Å². The summed E-state index contributed by atoms with van der Waals surface area (Å²) in [5.74, 6) is 2.52. The molecule has 2 N–H and O–H groups in total. The van der Waals surface area contributed by atoms with E-state index < -0.39 is 0 Å². The highest BCUT2D eigenvalue weighted by Crippen LogP contribution is 2.32. The van der Waals surface area contributed by atoms with Crippen LogP contribution in [0.1, 0.15) is 35.8 Å². The van der Waals surface area contributed by atoms with Gasteiger partial charge in [-0.25, -0.2) is 4.98 Å². The molecule has 0 saturated carbocycles. The van der Waals surface area contributed by atoms with Crippen molar-refractivity contribution in [1.29, 1.82) is 0 Å². The molecule has 1 aromatic carbocycles. The number of aromatic amines is 1. The van der Waals surface area contributed by atoms with E-state index in [1.807, 2.05) is 18.2 Å². The lowest BCUT2D eigenvalue weighted by molar-refractivity contribution is 0.174. The minimum Gasteiger partial charge on any atom is -0.454 e. The van der Waals surface area contributed by atoms with Crippen LogP contribution in [0.3, 0.4) is 0 Å². The van der Waals surface area contributed by atoms with Crippen LogP contribution in [0.5, 0.6) is 11.5 Å². The van der Waals surface area contributed by atoms with E-state index in [4.69, 9.17) is 9.47 Å². The van der Waals surface area contributed by atoms with Crippen LogP contribution in [0.4, 0.5) is 0 Å². The van der Waals surface area contributed by atoms with E-state index >= 15 is 0 Å². The SMILES string of the molecule is O=c1cc(C2CCCNC2)nc(Cc2ccc3c(c2)OCO3)[nH]1. The number of hydrogen-bond donors (Lipinski definition) is 2. The van der Waals surface area contributed by atoms with Gasteiger partial charge in [0, 0.05) is 24.9 Å². The van der Waals surface area contributed by atoms with Crippen LogP contribution in [0.15, 0.2) is 29.1 Å². The van der Waals surface area contributed by atoms with Crippen LogP contribution >= 0.6 is 0 Å². The van der Waals surface area contributed by atoms with Crippen molar-refractivity contribution in [2.75, 3.05) is 19.9 Å². The second-order valence-electron chi connectivity index (χ2n) is 6.02. The van der Waals surface area contributed by atoms with Gasteiger partial charge in [-0.2, -0.15) is 0 Å². The van der Waals surface area contributed by atoms with E-state index in [0.29, 0.717) is 18.2 Å². The van der Waals surface area contributed by atoms with E-state index in [2.05, 4.69) is 15.3 Å². The number of fused-ring (bicyclic) bond motifs is 1. The predicted octanol–water partition coefficient (Wildman–Crippen LogP) is 1.56. The second kappa shape index (κ2) is 6.04. The topological polar surface area (TPSA) is 76.2 Å². The normalized spacial score (nSPS) is 19.7. The fraction of sp³-hybridized carbons (Fsp3) is 0.412. The molecular formula is C17H19N3O3. The summed E-state index contributed by atoms with van der Waals surface area (Å²) in [6, 6.07) is 7.44. The van der Waals surface area contributed by atoms with E-state index in [-0.39, 0.29) is 12.4 Å². The molecule has 1 fully saturated rings. The Morgan fingerprint density at radius 1 is 1.22 bits per heavy atom. The number of hydrogen-bond acceptors (Lipinski definition) is 5. The summed E-state index contributed by atoms with van der Waals surface area (Å²) in [6.07, 6.45) is 2.77. The van der Waals surface area contributed by atoms with Crippen LogP contribution in [0, 0.1) is 0 Å². The molecule has 2 aromatic rings. The van der Waals surface area contributed by atoms with E-state index in [0.717, 1.165) is 48.7 Å². The Morgan fingerprint density at radius 2 is 2.13 bits per heavy atom. The average Bonchev–Trinajstić information content (AvgIpc) is 3.03. The lowest BCUT2D eigenvalue weighted by Crippen LogP contribution is -2.30. The Bertz CT molecular complexity index is 766. The van der Waals surface area contributed by atoms with Gasteiger partial charge in [-0.05, 0) is 37.1 Å². The summed E-state index contributed by atoms with van der Waals surface area (Å²) in [5, 5.41) is 3.37. The van der Waals surface area contributed by atoms with Gasteiger partial charge in [0.25, 0.3) is 5.56 Å². The van der Waals surface area contributed by atoms with E-state index in [1.54, 1.807) is 6.07 Å². The average molecular weight is 313 g/mol. The first-order chi connectivity index (χ1) is 11.3. The lowest BCUT2D eigenvalue weighted by Gasteiger charge is -2.22. The maximum Gasteiger partial charge on any atom is 0.251 e. The molecule has 6 nitrogen and oxygen atoms in total. The van der Waals surface area contributed by atoms with Gasteiger partial charge in [0.05, 0.1) is 5.69 Å². The molecule has 23 heavy (non-hydrogen) atoms. The molecular weight excluding hydrogens is 294 g/mol. The first-order valence-corrected chi connectivity index (χ1v) is 7.97. The zero-order valence-electron chi connectivity index (χ0n) is 12.8. The number of H-pyrrole nitrogens is 1. The van der Waals surface area contributed by atoms with Crippen molar-refractivity contribution in [2.45, 2.75) is 25.2 Å². The number of rotatable bonds is 3. The zero-order valence-corrected chi connectivity index (χ0v) is 12.8. The number of ether oxygens (including phenoxy) is 2. The smallest absolute Gasteiger partial charge is 0.251 e. The minimum absolute atomic E-state index is 0.0867. The zero-order chi connectivity index (χ0) is 15.6. The first-order valence-electron chi connectivity index (χ1n) is 7.97. The number of aromatic nitrogens is 2. The molecule has 1 atom stereocenters. The molecule has 4 rings (SSSR count). The Morgan fingerprint density at radius 3 is 3.00 bits per heavy atom. The number of nitrogens with zero attached hydrogens (tertiary/aromatic N) is 1. The van der Waals surface area contributed by atoms with Crippen LogP contribution in [-0.2, 0) is 6.42 Å². The third-order valence-electron chi connectivity index (χ3n) is 4.33. The molecule has 0 spiro atoms. The molecule has 1 aromatic heterocycles. The summed E-state index contributed by atoms with van der Waals surface area (Å²) in [5.41, 5.74) is 1.84. The van der Waals surface area contributed by atoms with Gasteiger partial charge in [0.1, 0.15) is 5.82 Å². The van der Waals surface area contributed by atoms with Gasteiger partial charge in [-0.3, -0.25) is 4.79 Å². The molecule has 0 aliphatic carbocycles. The number of benzene rings is 1. The van der Waals surface area contributed by atoms with Gasteiger partial charge in [-0.15, -0.1) is 0 Å². The third kappa shape index (κ3) is 3.07.